The van der Waals surface area contributed by atoms with E-state index in [-0.39, 0.29) is 5.91 Å². The van der Waals surface area contributed by atoms with Crippen LogP contribution in [-0.4, -0.2) is 22.7 Å². The molecule has 1 aliphatic rings. The lowest BCUT2D eigenvalue weighted by Crippen LogP contribution is -2.24. The van der Waals surface area contributed by atoms with Crippen LogP contribution < -0.4 is 10.2 Å². The van der Waals surface area contributed by atoms with Gasteiger partial charge in [-0.15, -0.1) is 0 Å². The average molecular weight is 353 g/mol. The molecule has 0 bridgehead atoms. The normalized spacial score (nSPS) is 12.5. The summed E-state index contributed by atoms with van der Waals surface area (Å²) in [6.45, 7) is 0.637. The molecule has 2 heterocycles. The lowest BCUT2D eigenvalue weighted by atomic mass is 9.98. The van der Waals surface area contributed by atoms with E-state index >= 15 is 0 Å². The van der Waals surface area contributed by atoms with Crippen LogP contribution >= 0.6 is 11.6 Å². The van der Waals surface area contributed by atoms with E-state index in [4.69, 9.17) is 11.6 Å². The molecule has 0 atom stereocenters. The van der Waals surface area contributed by atoms with Gasteiger partial charge < -0.3 is 10.2 Å². The van der Waals surface area contributed by atoms with E-state index in [9.17, 15) is 4.79 Å². The van der Waals surface area contributed by atoms with Crippen LogP contribution in [0.5, 0.6) is 0 Å². The van der Waals surface area contributed by atoms with Crippen molar-refractivity contribution in [2.75, 3.05) is 17.3 Å². The SMILES string of the molecule is CN1Cc2c(C(=O)Nc3cccc(Cl)c3)nn(C)c2-c2ccccc21. The van der Waals surface area contributed by atoms with E-state index in [1.807, 2.05) is 26.2 Å². The van der Waals surface area contributed by atoms with Gasteiger partial charge in [0.25, 0.3) is 5.91 Å². The van der Waals surface area contributed by atoms with Crippen molar-refractivity contribution in [3.05, 3.63) is 64.8 Å². The lowest BCUT2D eigenvalue weighted by molar-refractivity contribution is 0.102. The fourth-order valence-electron chi connectivity index (χ4n) is 3.32. The van der Waals surface area contributed by atoms with Gasteiger partial charge in [-0.05, 0) is 24.3 Å². The number of benzene rings is 2. The molecule has 0 aliphatic carbocycles. The van der Waals surface area contributed by atoms with Gasteiger partial charge in [0.1, 0.15) is 0 Å². The predicted octanol–water partition coefficient (Wildman–Crippen LogP) is 3.94. The molecule has 0 saturated heterocycles. The number of nitrogens with zero attached hydrogens (tertiary/aromatic N) is 3. The Kier molecular flexibility index (Phi) is 3.73. The first-order valence-corrected chi connectivity index (χ1v) is 8.35. The Labute approximate surface area is 150 Å². The van der Waals surface area contributed by atoms with E-state index < -0.39 is 0 Å². The first kappa shape index (κ1) is 15.7. The Morgan fingerprint density at radius 1 is 1.16 bits per heavy atom. The first-order chi connectivity index (χ1) is 12.0. The lowest BCUT2D eigenvalue weighted by Gasteiger charge is -2.28. The molecule has 25 heavy (non-hydrogen) atoms. The molecule has 0 saturated carbocycles. The molecule has 5 nitrogen and oxygen atoms in total. The molecular formula is C19H17ClN4O. The van der Waals surface area contributed by atoms with Crippen LogP contribution in [-0.2, 0) is 13.6 Å². The number of hydrogen-bond donors (Lipinski definition) is 1. The summed E-state index contributed by atoms with van der Waals surface area (Å²) in [5, 5.41) is 7.95. The Balaban J connectivity index is 1.75. The largest absolute Gasteiger partial charge is 0.370 e. The number of carbonyl (C=O) groups is 1. The van der Waals surface area contributed by atoms with Gasteiger partial charge in [0.05, 0.1) is 5.69 Å². The van der Waals surface area contributed by atoms with Crippen molar-refractivity contribution in [2.24, 2.45) is 7.05 Å². The second-order valence-electron chi connectivity index (χ2n) is 6.14. The number of aromatic nitrogens is 2. The van der Waals surface area contributed by atoms with E-state index in [1.165, 1.54) is 0 Å². The van der Waals surface area contributed by atoms with Crippen molar-refractivity contribution in [3.63, 3.8) is 0 Å². The number of nitrogens with one attached hydrogen (secondary N) is 1. The number of anilines is 2. The van der Waals surface area contributed by atoms with Crippen molar-refractivity contribution in [3.8, 4) is 11.3 Å². The molecule has 1 amide bonds. The molecule has 4 rings (SSSR count). The number of rotatable bonds is 2. The fourth-order valence-corrected chi connectivity index (χ4v) is 3.51. The zero-order valence-corrected chi connectivity index (χ0v) is 14.7. The van der Waals surface area contributed by atoms with E-state index in [1.54, 1.807) is 28.9 Å². The van der Waals surface area contributed by atoms with Crippen LogP contribution in [0.3, 0.4) is 0 Å². The summed E-state index contributed by atoms with van der Waals surface area (Å²) in [6.07, 6.45) is 0. The minimum Gasteiger partial charge on any atom is -0.370 e. The van der Waals surface area contributed by atoms with Gasteiger partial charge in [-0.25, -0.2) is 0 Å². The highest BCUT2D eigenvalue weighted by atomic mass is 35.5. The Morgan fingerprint density at radius 3 is 2.76 bits per heavy atom. The standard InChI is InChI=1S/C19H17ClN4O/c1-23-11-15-17(19(25)21-13-7-5-6-12(20)10-13)22-24(2)18(15)14-8-3-4-9-16(14)23/h3-10H,11H2,1-2H3,(H,21,25). The van der Waals surface area contributed by atoms with E-state index in [2.05, 4.69) is 27.4 Å². The third-order valence-corrected chi connectivity index (χ3v) is 4.64. The number of fused-ring (bicyclic) bond motifs is 3. The summed E-state index contributed by atoms with van der Waals surface area (Å²) in [6, 6.07) is 15.3. The second-order valence-corrected chi connectivity index (χ2v) is 6.57. The first-order valence-electron chi connectivity index (χ1n) is 7.98. The molecule has 6 heteroatoms. The van der Waals surface area contributed by atoms with Crippen LogP contribution in [0.15, 0.2) is 48.5 Å². The quantitative estimate of drug-likeness (QED) is 0.760. The summed E-state index contributed by atoms with van der Waals surface area (Å²) < 4.78 is 1.79. The maximum Gasteiger partial charge on any atom is 0.276 e. The molecule has 0 spiro atoms. The van der Waals surface area contributed by atoms with Gasteiger partial charge in [-0.1, -0.05) is 35.9 Å². The maximum atomic E-state index is 12.8. The highest BCUT2D eigenvalue weighted by Gasteiger charge is 2.29. The smallest absolute Gasteiger partial charge is 0.276 e. The molecule has 1 aliphatic heterocycles. The Morgan fingerprint density at radius 2 is 1.96 bits per heavy atom. The Hall–Kier alpha value is -2.79. The molecule has 3 aromatic rings. The number of halogens is 1. The van der Waals surface area contributed by atoms with Crippen molar-refractivity contribution >= 4 is 28.9 Å². The average Bonchev–Trinajstić information content (AvgIpc) is 2.92. The number of amides is 1. The van der Waals surface area contributed by atoms with Crippen LogP contribution in [0.2, 0.25) is 5.02 Å². The second kappa shape index (κ2) is 5.93. The number of hydrogen-bond acceptors (Lipinski definition) is 3. The van der Waals surface area contributed by atoms with Crippen LogP contribution in [0.4, 0.5) is 11.4 Å². The van der Waals surface area contributed by atoms with Crippen LogP contribution in [0.1, 0.15) is 16.1 Å². The molecule has 126 valence electrons. The van der Waals surface area contributed by atoms with Crippen molar-refractivity contribution in [2.45, 2.75) is 6.54 Å². The zero-order chi connectivity index (χ0) is 17.6. The van der Waals surface area contributed by atoms with Crippen molar-refractivity contribution < 1.29 is 4.79 Å². The monoisotopic (exact) mass is 352 g/mol. The van der Waals surface area contributed by atoms with Crippen molar-refractivity contribution in [1.29, 1.82) is 0 Å². The molecule has 1 N–H and O–H groups in total. The summed E-state index contributed by atoms with van der Waals surface area (Å²) >= 11 is 5.99. The molecule has 1 aromatic heterocycles. The summed E-state index contributed by atoms with van der Waals surface area (Å²) in [5.41, 5.74) is 5.25. The summed E-state index contributed by atoms with van der Waals surface area (Å²) in [7, 11) is 3.89. The number of aryl methyl sites for hydroxylation is 1. The maximum absolute atomic E-state index is 12.8. The van der Waals surface area contributed by atoms with E-state index in [0.29, 0.717) is 22.9 Å². The van der Waals surface area contributed by atoms with Gasteiger partial charge in [-0.3, -0.25) is 9.48 Å². The van der Waals surface area contributed by atoms with Gasteiger partial charge in [-0.2, -0.15) is 5.10 Å². The summed E-state index contributed by atoms with van der Waals surface area (Å²) in [4.78, 5) is 14.9. The van der Waals surface area contributed by atoms with Crippen LogP contribution in [0, 0.1) is 0 Å². The minimum absolute atomic E-state index is 0.230. The fraction of sp³-hybridized carbons (Fsp3) is 0.158. The highest BCUT2D eigenvalue weighted by Crippen LogP contribution is 2.39. The molecule has 0 radical (unpaired) electrons. The number of carbonyl (C=O) groups excluding carboxylic acids is 1. The van der Waals surface area contributed by atoms with Gasteiger partial charge in [0.2, 0.25) is 0 Å². The molecule has 0 fully saturated rings. The zero-order valence-electron chi connectivity index (χ0n) is 14.0. The molecule has 2 aromatic carbocycles. The molecular weight excluding hydrogens is 336 g/mol. The third-order valence-electron chi connectivity index (χ3n) is 4.41. The van der Waals surface area contributed by atoms with Gasteiger partial charge in [0, 0.05) is 48.2 Å². The van der Waals surface area contributed by atoms with E-state index in [0.717, 1.165) is 22.5 Å². The summed E-state index contributed by atoms with van der Waals surface area (Å²) in [5.74, 6) is -0.230. The third kappa shape index (κ3) is 2.66. The van der Waals surface area contributed by atoms with Crippen LogP contribution in [0.25, 0.3) is 11.3 Å². The number of para-hydroxylation sites is 1. The highest BCUT2D eigenvalue weighted by molar-refractivity contribution is 6.31. The topological polar surface area (TPSA) is 50.2 Å². The molecule has 0 unspecified atom stereocenters. The minimum atomic E-state index is -0.230. The predicted molar refractivity (Wildman–Crippen MR) is 100 cm³/mol. The van der Waals surface area contributed by atoms with Gasteiger partial charge >= 0.3 is 0 Å². The van der Waals surface area contributed by atoms with Crippen molar-refractivity contribution in [1.82, 2.24) is 9.78 Å². The van der Waals surface area contributed by atoms with Gasteiger partial charge in [0.15, 0.2) is 5.69 Å². The Bertz CT molecular complexity index is 979.